The molecule has 3 heteroatoms. The number of aromatic nitrogens is 2. The zero-order valence-corrected chi connectivity index (χ0v) is 11.1. The van der Waals surface area contributed by atoms with Gasteiger partial charge < -0.3 is 10.3 Å². The topological polar surface area (TPSA) is 40.7 Å². The molecular formula is C15H21N3. The minimum atomic E-state index is 0.390. The van der Waals surface area contributed by atoms with E-state index in [1.165, 1.54) is 11.1 Å². The molecule has 1 unspecified atom stereocenters. The molecule has 1 heterocycles. The van der Waals surface area contributed by atoms with Gasteiger partial charge in [0, 0.05) is 18.4 Å². The van der Waals surface area contributed by atoms with Crippen LogP contribution in [0.25, 0.3) is 0 Å². The van der Waals surface area contributed by atoms with Crippen LogP contribution < -0.4 is 5.32 Å². The van der Waals surface area contributed by atoms with Crippen LogP contribution in [0.3, 0.4) is 0 Å². The van der Waals surface area contributed by atoms with Crippen LogP contribution in [0.15, 0.2) is 36.7 Å². The maximum Gasteiger partial charge on any atom is 0.120 e. The summed E-state index contributed by atoms with van der Waals surface area (Å²) < 4.78 is 0. The molecule has 0 radical (unpaired) electrons. The van der Waals surface area contributed by atoms with Crippen molar-refractivity contribution in [2.24, 2.45) is 0 Å². The van der Waals surface area contributed by atoms with Crippen LogP contribution in [-0.2, 0) is 13.0 Å². The van der Waals surface area contributed by atoms with Crippen molar-refractivity contribution < 1.29 is 0 Å². The van der Waals surface area contributed by atoms with Crippen LogP contribution in [0.4, 0.5) is 0 Å². The van der Waals surface area contributed by atoms with Crippen LogP contribution in [0.1, 0.15) is 43.3 Å². The Bertz CT molecular complexity index is 445. The Morgan fingerprint density at radius 3 is 2.56 bits per heavy atom. The highest BCUT2D eigenvalue weighted by Gasteiger charge is 2.08. The van der Waals surface area contributed by atoms with Gasteiger partial charge in [0.1, 0.15) is 5.82 Å². The summed E-state index contributed by atoms with van der Waals surface area (Å²) in [5, 5.41) is 3.53. The first-order valence-corrected chi connectivity index (χ1v) is 6.64. The minimum absolute atomic E-state index is 0.390. The molecule has 0 aliphatic carbocycles. The standard InChI is InChI=1S/C15H21N3/c1-3-12-5-7-13(8-6-12)14(4-2)18-11-15-16-9-10-17-15/h5-10,14,18H,3-4,11H2,1-2H3,(H,16,17). The van der Waals surface area contributed by atoms with Gasteiger partial charge in [0.25, 0.3) is 0 Å². The van der Waals surface area contributed by atoms with E-state index in [9.17, 15) is 0 Å². The molecule has 2 rings (SSSR count). The fourth-order valence-corrected chi connectivity index (χ4v) is 2.10. The second-order valence-corrected chi connectivity index (χ2v) is 4.47. The fourth-order valence-electron chi connectivity index (χ4n) is 2.10. The monoisotopic (exact) mass is 243 g/mol. The lowest BCUT2D eigenvalue weighted by Crippen LogP contribution is -2.20. The van der Waals surface area contributed by atoms with E-state index in [4.69, 9.17) is 0 Å². The number of aromatic amines is 1. The lowest BCUT2D eigenvalue weighted by molar-refractivity contribution is 0.510. The van der Waals surface area contributed by atoms with Crippen molar-refractivity contribution in [3.8, 4) is 0 Å². The second-order valence-electron chi connectivity index (χ2n) is 4.47. The summed E-state index contributed by atoms with van der Waals surface area (Å²) in [5.74, 6) is 0.985. The van der Waals surface area contributed by atoms with Crippen molar-refractivity contribution in [1.29, 1.82) is 0 Å². The maximum absolute atomic E-state index is 4.23. The van der Waals surface area contributed by atoms with Crippen molar-refractivity contribution in [1.82, 2.24) is 15.3 Å². The molecule has 2 N–H and O–H groups in total. The van der Waals surface area contributed by atoms with E-state index in [0.29, 0.717) is 6.04 Å². The van der Waals surface area contributed by atoms with Crippen LogP contribution in [0.5, 0.6) is 0 Å². The molecule has 0 saturated carbocycles. The normalized spacial score (nSPS) is 12.6. The molecule has 0 aliphatic rings. The third-order valence-corrected chi connectivity index (χ3v) is 3.27. The van der Waals surface area contributed by atoms with Gasteiger partial charge >= 0.3 is 0 Å². The highest BCUT2D eigenvalue weighted by Crippen LogP contribution is 2.17. The number of aryl methyl sites for hydroxylation is 1. The zero-order valence-electron chi connectivity index (χ0n) is 11.1. The van der Waals surface area contributed by atoms with Gasteiger partial charge in [-0.25, -0.2) is 4.98 Å². The van der Waals surface area contributed by atoms with Gasteiger partial charge in [-0.15, -0.1) is 0 Å². The van der Waals surface area contributed by atoms with Crippen LogP contribution in [0, 0.1) is 0 Å². The molecular weight excluding hydrogens is 222 g/mol. The molecule has 0 amide bonds. The molecule has 1 aromatic heterocycles. The van der Waals surface area contributed by atoms with E-state index in [1.54, 1.807) is 6.20 Å². The van der Waals surface area contributed by atoms with Crippen molar-refractivity contribution in [2.45, 2.75) is 39.3 Å². The molecule has 3 nitrogen and oxygen atoms in total. The summed E-state index contributed by atoms with van der Waals surface area (Å²) in [5.41, 5.74) is 2.74. The predicted molar refractivity (Wildman–Crippen MR) is 74.3 cm³/mol. The minimum Gasteiger partial charge on any atom is -0.348 e. The number of benzene rings is 1. The van der Waals surface area contributed by atoms with Gasteiger partial charge in [-0.1, -0.05) is 38.1 Å². The Hall–Kier alpha value is -1.61. The first-order chi connectivity index (χ1) is 8.83. The summed E-state index contributed by atoms with van der Waals surface area (Å²) in [6.45, 7) is 5.16. The van der Waals surface area contributed by atoms with E-state index in [1.807, 2.05) is 6.20 Å². The number of imidazole rings is 1. The lowest BCUT2D eigenvalue weighted by Gasteiger charge is -2.17. The third-order valence-electron chi connectivity index (χ3n) is 3.27. The van der Waals surface area contributed by atoms with Crippen molar-refractivity contribution in [2.75, 3.05) is 0 Å². The molecule has 0 bridgehead atoms. The fraction of sp³-hybridized carbons (Fsp3) is 0.400. The van der Waals surface area contributed by atoms with E-state index in [2.05, 4.69) is 53.4 Å². The van der Waals surface area contributed by atoms with Gasteiger partial charge in [0.15, 0.2) is 0 Å². The summed E-state index contributed by atoms with van der Waals surface area (Å²) in [4.78, 5) is 7.34. The molecule has 0 fully saturated rings. The van der Waals surface area contributed by atoms with E-state index in [-0.39, 0.29) is 0 Å². The highest BCUT2D eigenvalue weighted by molar-refractivity contribution is 5.25. The largest absolute Gasteiger partial charge is 0.348 e. The SMILES string of the molecule is CCc1ccc(C(CC)NCc2ncc[nH]2)cc1. The van der Waals surface area contributed by atoms with E-state index >= 15 is 0 Å². The highest BCUT2D eigenvalue weighted by atomic mass is 15.0. The van der Waals surface area contributed by atoms with Gasteiger partial charge in [0.2, 0.25) is 0 Å². The van der Waals surface area contributed by atoms with Gasteiger partial charge in [-0.3, -0.25) is 0 Å². The second kappa shape index (κ2) is 6.36. The number of hydrogen-bond donors (Lipinski definition) is 2. The Balaban J connectivity index is 1.98. The first kappa shape index (κ1) is 12.8. The van der Waals surface area contributed by atoms with Crippen molar-refractivity contribution in [3.05, 3.63) is 53.6 Å². The number of rotatable bonds is 6. The van der Waals surface area contributed by atoms with Gasteiger partial charge in [-0.2, -0.15) is 0 Å². The molecule has 0 saturated heterocycles. The quantitative estimate of drug-likeness (QED) is 0.818. The molecule has 1 atom stereocenters. The Morgan fingerprint density at radius 2 is 2.00 bits per heavy atom. The maximum atomic E-state index is 4.23. The van der Waals surface area contributed by atoms with E-state index < -0.39 is 0 Å². The molecule has 96 valence electrons. The molecule has 0 aliphatic heterocycles. The summed E-state index contributed by atoms with van der Waals surface area (Å²) in [7, 11) is 0. The van der Waals surface area contributed by atoms with Crippen LogP contribution >= 0.6 is 0 Å². The summed E-state index contributed by atoms with van der Waals surface area (Å²) in [6, 6.07) is 9.27. The molecule has 1 aromatic carbocycles. The van der Waals surface area contributed by atoms with Gasteiger partial charge in [0.05, 0.1) is 6.54 Å². The summed E-state index contributed by atoms with van der Waals surface area (Å²) in [6.07, 6.45) is 5.81. The number of nitrogens with zero attached hydrogens (tertiary/aromatic N) is 1. The first-order valence-electron chi connectivity index (χ1n) is 6.64. The number of H-pyrrole nitrogens is 1. The molecule has 18 heavy (non-hydrogen) atoms. The Morgan fingerprint density at radius 1 is 1.22 bits per heavy atom. The van der Waals surface area contributed by atoms with Crippen molar-refractivity contribution in [3.63, 3.8) is 0 Å². The average Bonchev–Trinajstić information content (AvgIpc) is 2.93. The molecule has 0 spiro atoms. The zero-order chi connectivity index (χ0) is 12.8. The average molecular weight is 243 g/mol. The van der Waals surface area contributed by atoms with Crippen LogP contribution in [-0.4, -0.2) is 9.97 Å². The number of hydrogen-bond acceptors (Lipinski definition) is 2. The van der Waals surface area contributed by atoms with Crippen LogP contribution in [0.2, 0.25) is 0 Å². The Labute approximate surface area is 109 Å². The smallest absolute Gasteiger partial charge is 0.120 e. The Kier molecular flexibility index (Phi) is 4.53. The van der Waals surface area contributed by atoms with Crippen molar-refractivity contribution >= 4 is 0 Å². The lowest BCUT2D eigenvalue weighted by atomic mass is 10.0. The predicted octanol–water partition coefficient (Wildman–Crippen LogP) is 3.21. The number of nitrogens with one attached hydrogen (secondary N) is 2. The van der Waals surface area contributed by atoms with Gasteiger partial charge in [-0.05, 0) is 24.0 Å². The van der Waals surface area contributed by atoms with E-state index in [0.717, 1.165) is 25.2 Å². The third kappa shape index (κ3) is 3.20. The summed E-state index contributed by atoms with van der Waals surface area (Å²) >= 11 is 0. The molecule has 2 aromatic rings.